The average molecular weight is 461 g/mol. The van der Waals surface area contributed by atoms with Crippen LogP contribution in [0.3, 0.4) is 0 Å². The summed E-state index contributed by atoms with van der Waals surface area (Å²) in [7, 11) is -3.49. The zero-order chi connectivity index (χ0) is 22.0. The third-order valence-corrected chi connectivity index (χ3v) is 8.39. The summed E-state index contributed by atoms with van der Waals surface area (Å²) >= 11 is 1.56. The topological polar surface area (TPSA) is 101 Å². The van der Waals surface area contributed by atoms with Crippen LogP contribution in [0.2, 0.25) is 0 Å². The molecule has 0 atom stereocenters. The van der Waals surface area contributed by atoms with Crippen LogP contribution >= 0.6 is 11.3 Å². The highest BCUT2D eigenvalue weighted by Gasteiger charge is 2.25. The van der Waals surface area contributed by atoms with Crippen LogP contribution < -0.4 is 10.1 Å². The summed E-state index contributed by atoms with van der Waals surface area (Å²) in [6.07, 6.45) is 4.25. The summed E-state index contributed by atoms with van der Waals surface area (Å²) < 4.78 is 32.6. The van der Waals surface area contributed by atoms with Crippen LogP contribution in [0, 0.1) is 13.8 Å². The zero-order valence-electron chi connectivity index (χ0n) is 17.4. The Morgan fingerprint density at radius 1 is 1.13 bits per heavy atom. The number of nitrogens with one attached hydrogen (secondary N) is 1. The molecule has 1 aliphatic heterocycles. The number of anilines is 1. The quantitative estimate of drug-likeness (QED) is 0.604. The van der Waals surface area contributed by atoms with Crippen molar-refractivity contribution in [3.05, 3.63) is 41.0 Å². The van der Waals surface area contributed by atoms with Gasteiger partial charge in [0.2, 0.25) is 15.9 Å². The molecular weight excluding hydrogens is 436 g/mol. The molecule has 1 aromatic carbocycles. The smallest absolute Gasteiger partial charge is 0.262 e. The first kappa shape index (κ1) is 21.7. The fourth-order valence-electron chi connectivity index (χ4n) is 3.56. The Labute approximate surface area is 185 Å². The van der Waals surface area contributed by atoms with Gasteiger partial charge < -0.3 is 10.1 Å². The maximum atomic E-state index is 12.7. The number of aryl methyl sites for hydroxylation is 2. The van der Waals surface area contributed by atoms with Crippen molar-refractivity contribution in [2.75, 3.05) is 25.0 Å². The van der Waals surface area contributed by atoms with Crippen molar-refractivity contribution in [1.82, 2.24) is 14.3 Å². The predicted molar refractivity (Wildman–Crippen MR) is 120 cm³/mol. The van der Waals surface area contributed by atoms with E-state index in [1.165, 1.54) is 22.8 Å². The standard InChI is InChI=1S/C21H24N4O4S2/c1-14-15(2)30-21-19(14)20(22-13-23-21)29-12-18(26)24-16-6-8-17(9-7-16)31(27,28)25-10-4-3-5-11-25/h6-9,13H,3-5,10-12H2,1-2H3,(H,24,26). The maximum Gasteiger partial charge on any atom is 0.262 e. The zero-order valence-corrected chi connectivity index (χ0v) is 19.1. The molecule has 164 valence electrons. The summed E-state index contributed by atoms with van der Waals surface area (Å²) in [6, 6.07) is 6.21. The molecule has 1 fully saturated rings. The van der Waals surface area contributed by atoms with E-state index >= 15 is 0 Å². The van der Waals surface area contributed by atoms with Crippen molar-refractivity contribution < 1.29 is 17.9 Å². The Morgan fingerprint density at radius 2 is 1.84 bits per heavy atom. The van der Waals surface area contributed by atoms with E-state index in [-0.39, 0.29) is 17.4 Å². The molecule has 1 saturated heterocycles. The summed E-state index contributed by atoms with van der Waals surface area (Å²) in [5, 5.41) is 3.55. The number of thiophene rings is 1. The van der Waals surface area contributed by atoms with Gasteiger partial charge in [0.25, 0.3) is 5.91 Å². The number of ether oxygens (including phenoxy) is 1. The number of rotatable bonds is 6. The molecule has 10 heteroatoms. The molecule has 4 rings (SSSR count). The highest BCUT2D eigenvalue weighted by atomic mass is 32.2. The van der Waals surface area contributed by atoms with Crippen LogP contribution in [0.25, 0.3) is 10.2 Å². The van der Waals surface area contributed by atoms with Crippen molar-refractivity contribution in [2.45, 2.75) is 38.0 Å². The van der Waals surface area contributed by atoms with Crippen molar-refractivity contribution in [3.8, 4) is 5.88 Å². The van der Waals surface area contributed by atoms with Gasteiger partial charge in [-0.25, -0.2) is 18.4 Å². The Morgan fingerprint density at radius 3 is 2.55 bits per heavy atom. The van der Waals surface area contributed by atoms with E-state index in [1.54, 1.807) is 23.5 Å². The lowest BCUT2D eigenvalue weighted by Gasteiger charge is -2.25. The van der Waals surface area contributed by atoms with Gasteiger partial charge in [-0.05, 0) is 56.5 Å². The number of carbonyl (C=O) groups excluding carboxylic acids is 1. The molecule has 1 N–H and O–H groups in total. The molecule has 8 nitrogen and oxygen atoms in total. The first-order chi connectivity index (χ1) is 14.9. The maximum absolute atomic E-state index is 12.7. The first-order valence-electron chi connectivity index (χ1n) is 10.1. The minimum Gasteiger partial charge on any atom is -0.467 e. The fraction of sp³-hybridized carbons (Fsp3) is 0.381. The molecule has 3 aromatic rings. The Kier molecular flexibility index (Phi) is 6.22. The van der Waals surface area contributed by atoms with E-state index in [9.17, 15) is 13.2 Å². The van der Waals surface area contributed by atoms with Crippen molar-refractivity contribution >= 4 is 43.2 Å². The number of fused-ring (bicyclic) bond motifs is 1. The second-order valence-corrected chi connectivity index (χ2v) is 10.6. The molecule has 2 aromatic heterocycles. The molecule has 0 bridgehead atoms. The number of piperidine rings is 1. The predicted octanol–water partition coefficient (Wildman–Crippen LogP) is 3.50. The first-order valence-corrected chi connectivity index (χ1v) is 12.4. The van der Waals surface area contributed by atoms with Crippen molar-refractivity contribution in [3.63, 3.8) is 0 Å². The van der Waals surface area contributed by atoms with E-state index in [0.717, 1.165) is 39.9 Å². The monoisotopic (exact) mass is 460 g/mol. The van der Waals surface area contributed by atoms with Gasteiger partial charge in [-0.15, -0.1) is 11.3 Å². The lowest BCUT2D eigenvalue weighted by molar-refractivity contribution is -0.118. The minimum atomic E-state index is -3.49. The fourth-order valence-corrected chi connectivity index (χ4v) is 6.06. The van der Waals surface area contributed by atoms with Gasteiger partial charge in [0, 0.05) is 23.7 Å². The highest BCUT2D eigenvalue weighted by Crippen LogP contribution is 2.33. The molecule has 0 spiro atoms. The molecule has 31 heavy (non-hydrogen) atoms. The Bertz CT molecular complexity index is 1200. The van der Waals surface area contributed by atoms with Gasteiger partial charge in [-0.2, -0.15) is 4.31 Å². The SMILES string of the molecule is Cc1sc2ncnc(OCC(=O)Nc3ccc(S(=O)(=O)N4CCCCC4)cc3)c2c1C. The van der Waals surface area contributed by atoms with Crippen LogP contribution in [0.5, 0.6) is 5.88 Å². The van der Waals surface area contributed by atoms with E-state index in [2.05, 4.69) is 15.3 Å². The van der Waals surface area contributed by atoms with Gasteiger partial charge in [-0.3, -0.25) is 4.79 Å². The Balaban J connectivity index is 1.39. The van der Waals surface area contributed by atoms with Crippen molar-refractivity contribution in [2.24, 2.45) is 0 Å². The summed E-state index contributed by atoms with van der Waals surface area (Å²) in [4.78, 5) is 22.9. The van der Waals surface area contributed by atoms with E-state index in [0.29, 0.717) is 24.7 Å². The highest BCUT2D eigenvalue weighted by molar-refractivity contribution is 7.89. The lowest BCUT2D eigenvalue weighted by atomic mass is 10.2. The largest absolute Gasteiger partial charge is 0.467 e. The van der Waals surface area contributed by atoms with Gasteiger partial charge in [0.1, 0.15) is 11.2 Å². The molecule has 0 saturated carbocycles. The van der Waals surface area contributed by atoms with Crippen LogP contribution in [-0.2, 0) is 14.8 Å². The molecule has 0 unspecified atom stereocenters. The third kappa shape index (κ3) is 4.56. The lowest BCUT2D eigenvalue weighted by Crippen LogP contribution is -2.35. The number of sulfonamides is 1. The van der Waals surface area contributed by atoms with Crippen LogP contribution in [-0.4, -0.2) is 48.3 Å². The van der Waals surface area contributed by atoms with Gasteiger partial charge in [-0.1, -0.05) is 6.42 Å². The second kappa shape index (κ2) is 8.89. The number of hydrogen-bond acceptors (Lipinski definition) is 7. The normalized spacial score (nSPS) is 15.2. The van der Waals surface area contributed by atoms with Crippen LogP contribution in [0.15, 0.2) is 35.5 Å². The second-order valence-electron chi connectivity index (χ2n) is 7.47. The summed E-state index contributed by atoms with van der Waals surface area (Å²) in [5.41, 5.74) is 1.54. The van der Waals surface area contributed by atoms with Gasteiger partial charge >= 0.3 is 0 Å². The van der Waals surface area contributed by atoms with E-state index in [1.807, 2.05) is 13.8 Å². The number of carbonyl (C=O) groups is 1. The minimum absolute atomic E-state index is 0.214. The summed E-state index contributed by atoms with van der Waals surface area (Å²) in [5.74, 6) is 0.0213. The average Bonchev–Trinajstić information content (AvgIpc) is 3.07. The number of benzene rings is 1. The van der Waals surface area contributed by atoms with Crippen LogP contribution in [0.4, 0.5) is 5.69 Å². The molecule has 0 radical (unpaired) electrons. The molecule has 1 aliphatic rings. The van der Waals surface area contributed by atoms with Crippen LogP contribution in [0.1, 0.15) is 29.7 Å². The molecule has 0 aliphatic carbocycles. The van der Waals surface area contributed by atoms with Gasteiger partial charge in [0.05, 0.1) is 10.3 Å². The van der Waals surface area contributed by atoms with Crippen molar-refractivity contribution in [1.29, 1.82) is 0 Å². The van der Waals surface area contributed by atoms with E-state index < -0.39 is 10.0 Å². The number of amides is 1. The number of hydrogen-bond donors (Lipinski definition) is 1. The molecular formula is C21H24N4O4S2. The third-order valence-electron chi connectivity index (χ3n) is 5.36. The summed E-state index contributed by atoms with van der Waals surface area (Å²) in [6.45, 7) is 4.88. The van der Waals surface area contributed by atoms with Gasteiger partial charge in [0.15, 0.2) is 6.61 Å². The number of nitrogens with zero attached hydrogens (tertiary/aromatic N) is 3. The van der Waals surface area contributed by atoms with E-state index in [4.69, 9.17) is 4.74 Å². The molecule has 1 amide bonds. The molecule has 3 heterocycles. The Hall–Kier alpha value is -2.56. The number of aromatic nitrogens is 2.